The summed E-state index contributed by atoms with van der Waals surface area (Å²) in [6.07, 6.45) is 3.72. The predicted molar refractivity (Wildman–Crippen MR) is 104 cm³/mol. The van der Waals surface area contributed by atoms with Crippen LogP contribution in [0.15, 0.2) is 42.6 Å². The first-order valence-electron chi connectivity index (χ1n) is 9.39. The van der Waals surface area contributed by atoms with Gasteiger partial charge < -0.3 is 14.2 Å². The van der Waals surface area contributed by atoms with Crippen LogP contribution in [0.5, 0.6) is 5.88 Å². The Kier molecular flexibility index (Phi) is 4.79. The number of carbonyl (C=O) groups excluding carboxylic acids is 1. The lowest BCUT2D eigenvalue weighted by Crippen LogP contribution is -2.43. The Labute approximate surface area is 158 Å². The van der Waals surface area contributed by atoms with E-state index in [1.165, 1.54) is 0 Å². The first-order chi connectivity index (χ1) is 13.1. The molecule has 3 heterocycles. The van der Waals surface area contributed by atoms with E-state index in [-0.39, 0.29) is 12.0 Å². The van der Waals surface area contributed by atoms with E-state index >= 15 is 0 Å². The largest absolute Gasteiger partial charge is 0.474 e. The van der Waals surface area contributed by atoms with Crippen molar-refractivity contribution >= 4 is 16.8 Å². The third kappa shape index (κ3) is 3.94. The lowest BCUT2D eigenvalue weighted by atomic mass is 10.1. The van der Waals surface area contributed by atoms with Gasteiger partial charge in [0.05, 0.1) is 0 Å². The third-order valence-electron chi connectivity index (χ3n) is 5.01. The monoisotopic (exact) mass is 364 g/mol. The number of amides is 1. The molecule has 1 aromatic carbocycles. The molecule has 27 heavy (non-hydrogen) atoms. The number of rotatable bonds is 4. The fraction of sp³-hybridized carbons (Fsp3) is 0.381. The Morgan fingerprint density at radius 1 is 1.15 bits per heavy atom. The second kappa shape index (κ2) is 7.39. The molecule has 1 aliphatic rings. The highest BCUT2D eigenvalue weighted by atomic mass is 16.5. The quantitative estimate of drug-likeness (QED) is 0.714. The minimum atomic E-state index is 0.0927. The summed E-state index contributed by atoms with van der Waals surface area (Å²) in [5, 5.41) is 1.16. The maximum atomic E-state index is 12.7. The number of likely N-dealkylation sites (tertiary alicyclic amines) is 1. The normalized spacial score (nSPS) is 15.3. The number of para-hydroxylation sites is 1. The molecule has 3 aromatic rings. The second-order valence-corrected chi connectivity index (χ2v) is 7.10. The summed E-state index contributed by atoms with van der Waals surface area (Å²) < 4.78 is 8.03. The van der Waals surface area contributed by atoms with Crippen LogP contribution in [-0.4, -0.2) is 44.5 Å². The molecule has 6 heteroatoms. The van der Waals surface area contributed by atoms with Crippen molar-refractivity contribution in [1.82, 2.24) is 19.4 Å². The molecule has 0 saturated carbocycles. The Hall–Kier alpha value is -2.89. The summed E-state index contributed by atoms with van der Waals surface area (Å²) >= 11 is 0. The standard InChI is InChI=1S/C21H24N4O2/c1-15-13-20(23-16(2)22-15)27-18-8-11-24(12-9-18)21(26)14-25-10-7-17-5-3-4-6-19(17)25/h3-7,10,13,18H,8-9,11-12,14H2,1-2H3. The second-order valence-electron chi connectivity index (χ2n) is 7.10. The molecule has 1 amide bonds. The van der Waals surface area contributed by atoms with Crippen molar-refractivity contribution in [3.63, 3.8) is 0 Å². The van der Waals surface area contributed by atoms with E-state index in [9.17, 15) is 4.79 Å². The van der Waals surface area contributed by atoms with Crippen molar-refractivity contribution in [1.29, 1.82) is 0 Å². The van der Waals surface area contributed by atoms with Gasteiger partial charge in [-0.2, -0.15) is 4.98 Å². The molecule has 4 rings (SSSR count). The lowest BCUT2D eigenvalue weighted by Gasteiger charge is -2.32. The summed E-state index contributed by atoms with van der Waals surface area (Å²) in [5.74, 6) is 1.50. The molecule has 2 aromatic heterocycles. The number of aromatic nitrogens is 3. The highest BCUT2D eigenvalue weighted by molar-refractivity contribution is 5.83. The fourth-order valence-electron chi connectivity index (χ4n) is 3.66. The SMILES string of the molecule is Cc1cc(OC2CCN(C(=O)Cn3ccc4ccccc43)CC2)nc(C)n1. The van der Waals surface area contributed by atoms with Crippen molar-refractivity contribution in [3.05, 3.63) is 54.1 Å². The number of carbonyl (C=O) groups is 1. The van der Waals surface area contributed by atoms with Crippen molar-refractivity contribution < 1.29 is 9.53 Å². The topological polar surface area (TPSA) is 60.2 Å². The van der Waals surface area contributed by atoms with Crippen molar-refractivity contribution in [3.8, 4) is 5.88 Å². The lowest BCUT2D eigenvalue weighted by molar-refractivity contribution is -0.133. The van der Waals surface area contributed by atoms with Crippen LogP contribution in [0.2, 0.25) is 0 Å². The molecule has 0 radical (unpaired) electrons. The van der Waals surface area contributed by atoms with E-state index in [4.69, 9.17) is 4.74 Å². The summed E-state index contributed by atoms with van der Waals surface area (Å²) in [6.45, 7) is 5.61. The number of hydrogen-bond donors (Lipinski definition) is 0. The number of ether oxygens (including phenoxy) is 1. The van der Waals surface area contributed by atoms with Crippen molar-refractivity contribution in [2.24, 2.45) is 0 Å². The molecular weight excluding hydrogens is 340 g/mol. The Morgan fingerprint density at radius 3 is 2.70 bits per heavy atom. The molecule has 0 unspecified atom stereocenters. The average Bonchev–Trinajstić information content (AvgIpc) is 3.04. The van der Waals surface area contributed by atoms with Crippen LogP contribution >= 0.6 is 0 Å². The zero-order chi connectivity index (χ0) is 18.8. The van der Waals surface area contributed by atoms with Crippen molar-refractivity contribution in [2.45, 2.75) is 39.3 Å². The summed E-state index contributed by atoms with van der Waals surface area (Å²) in [7, 11) is 0. The van der Waals surface area contributed by atoms with Crippen LogP contribution < -0.4 is 4.74 Å². The molecule has 0 spiro atoms. The van der Waals surface area contributed by atoms with E-state index in [0.717, 1.165) is 35.3 Å². The van der Waals surface area contributed by atoms with Crippen LogP contribution in [0.25, 0.3) is 10.9 Å². The Balaban J connectivity index is 1.34. The molecule has 1 saturated heterocycles. The molecule has 0 atom stereocenters. The molecule has 1 aliphatic heterocycles. The maximum Gasteiger partial charge on any atom is 0.242 e. The molecule has 1 fully saturated rings. The van der Waals surface area contributed by atoms with E-state index in [2.05, 4.69) is 16.0 Å². The van der Waals surface area contributed by atoms with Gasteiger partial charge in [-0.05, 0) is 31.4 Å². The van der Waals surface area contributed by atoms with E-state index < -0.39 is 0 Å². The average molecular weight is 364 g/mol. The molecule has 0 N–H and O–H groups in total. The van der Waals surface area contributed by atoms with Gasteiger partial charge in [0.15, 0.2) is 0 Å². The van der Waals surface area contributed by atoms with Crippen LogP contribution in [0.1, 0.15) is 24.4 Å². The smallest absolute Gasteiger partial charge is 0.242 e. The number of hydrogen-bond acceptors (Lipinski definition) is 4. The van der Waals surface area contributed by atoms with E-state index in [1.54, 1.807) is 0 Å². The number of piperidine rings is 1. The predicted octanol–water partition coefficient (Wildman–Crippen LogP) is 3.12. The zero-order valence-electron chi connectivity index (χ0n) is 15.8. The van der Waals surface area contributed by atoms with Gasteiger partial charge in [-0.25, -0.2) is 4.98 Å². The number of fused-ring (bicyclic) bond motifs is 1. The molecule has 6 nitrogen and oxygen atoms in total. The summed E-state index contributed by atoms with van der Waals surface area (Å²) in [4.78, 5) is 23.3. The van der Waals surface area contributed by atoms with Crippen LogP contribution in [0.3, 0.4) is 0 Å². The molecule has 0 bridgehead atoms. The zero-order valence-corrected chi connectivity index (χ0v) is 15.8. The van der Waals surface area contributed by atoms with E-state index in [0.29, 0.717) is 25.5 Å². The van der Waals surface area contributed by atoms with Crippen LogP contribution in [0.4, 0.5) is 0 Å². The molecular formula is C21H24N4O2. The molecule has 140 valence electrons. The van der Waals surface area contributed by atoms with Gasteiger partial charge in [-0.15, -0.1) is 0 Å². The van der Waals surface area contributed by atoms with Crippen LogP contribution in [0, 0.1) is 13.8 Å². The van der Waals surface area contributed by atoms with Gasteiger partial charge in [-0.1, -0.05) is 18.2 Å². The first-order valence-corrected chi connectivity index (χ1v) is 9.39. The van der Waals surface area contributed by atoms with Gasteiger partial charge >= 0.3 is 0 Å². The maximum absolute atomic E-state index is 12.7. The van der Waals surface area contributed by atoms with Gasteiger partial charge in [-0.3, -0.25) is 4.79 Å². The minimum Gasteiger partial charge on any atom is -0.474 e. The van der Waals surface area contributed by atoms with Gasteiger partial charge in [0, 0.05) is 49.4 Å². The first kappa shape index (κ1) is 17.5. The van der Waals surface area contributed by atoms with Gasteiger partial charge in [0.1, 0.15) is 18.5 Å². The highest BCUT2D eigenvalue weighted by Gasteiger charge is 2.24. The van der Waals surface area contributed by atoms with E-state index in [1.807, 2.05) is 59.8 Å². The summed E-state index contributed by atoms with van der Waals surface area (Å²) in [5.41, 5.74) is 2.00. The molecule has 0 aliphatic carbocycles. The Bertz CT molecular complexity index is 937. The Morgan fingerprint density at radius 2 is 1.93 bits per heavy atom. The summed E-state index contributed by atoms with van der Waals surface area (Å²) in [6, 6.07) is 12.0. The number of nitrogens with zero attached hydrogens (tertiary/aromatic N) is 4. The minimum absolute atomic E-state index is 0.0927. The van der Waals surface area contributed by atoms with Crippen molar-refractivity contribution in [2.75, 3.05) is 13.1 Å². The van der Waals surface area contributed by atoms with Gasteiger partial charge in [0.2, 0.25) is 11.8 Å². The number of aryl methyl sites for hydroxylation is 2. The fourth-order valence-corrected chi connectivity index (χ4v) is 3.66. The third-order valence-corrected chi connectivity index (χ3v) is 5.01. The van der Waals surface area contributed by atoms with Gasteiger partial charge in [0.25, 0.3) is 0 Å². The van der Waals surface area contributed by atoms with Crippen LogP contribution in [-0.2, 0) is 11.3 Å². The number of benzene rings is 1. The highest BCUT2D eigenvalue weighted by Crippen LogP contribution is 2.19.